The molecule has 0 bridgehead atoms. The molecule has 5 atom stereocenters. The molecule has 1 saturated heterocycles. The van der Waals surface area contributed by atoms with Crippen LogP contribution in [-0.4, -0.2) is 52.6 Å². The Hall–Kier alpha value is -0.200. The van der Waals surface area contributed by atoms with Crippen LogP contribution in [0.2, 0.25) is 0 Å². The number of ether oxygens (including phenoxy) is 2. The van der Waals surface area contributed by atoms with E-state index in [9.17, 15) is 15.3 Å². The SMILES string of the molecule is CCCCO[C@@H]1O[C@@H](C)[C@@H](O)[C@@H](O)[C@@H]1O. The number of hydrogen-bond donors (Lipinski definition) is 3. The summed E-state index contributed by atoms with van der Waals surface area (Å²) >= 11 is 0. The van der Waals surface area contributed by atoms with Crippen LogP contribution in [0.25, 0.3) is 0 Å². The Morgan fingerprint density at radius 1 is 1.13 bits per heavy atom. The van der Waals surface area contributed by atoms with Gasteiger partial charge in [-0.25, -0.2) is 0 Å². The minimum atomic E-state index is -1.21. The van der Waals surface area contributed by atoms with E-state index < -0.39 is 30.7 Å². The van der Waals surface area contributed by atoms with E-state index in [0.717, 1.165) is 12.8 Å². The third kappa shape index (κ3) is 3.12. The summed E-state index contributed by atoms with van der Waals surface area (Å²) in [6, 6.07) is 0. The Labute approximate surface area is 89.6 Å². The molecule has 3 N–H and O–H groups in total. The normalized spacial score (nSPS) is 41.8. The predicted octanol–water partition coefficient (Wildman–Crippen LogP) is -0.369. The summed E-state index contributed by atoms with van der Waals surface area (Å²) in [6.07, 6.45) is -2.97. The maximum atomic E-state index is 9.56. The van der Waals surface area contributed by atoms with Crippen LogP contribution in [-0.2, 0) is 9.47 Å². The van der Waals surface area contributed by atoms with Crippen LogP contribution in [0.4, 0.5) is 0 Å². The lowest BCUT2D eigenvalue weighted by molar-refractivity contribution is -0.293. The van der Waals surface area contributed by atoms with Gasteiger partial charge in [0.15, 0.2) is 6.29 Å². The second kappa shape index (κ2) is 5.77. The lowest BCUT2D eigenvalue weighted by atomic mass is 10.0. The van der Waals surface area contributed by atoms with Gasteiger partial charge in [0.1, 0.15) is 18.3 Å². The fourth-order valence-electron chi connectivity index (χ4n) is 1.49. The summed E-state index contributed by atoms with van der Waals surface area (Å²) in [7, 11) is 0. The first-order valence-corrected chi connectivity index (χ1v) is 5.39. The maximum Gasteiger partial charge on any atom is 0.186 e. The first-order valence-electron chi connectivity index (χ1n) is 5.39. The second-order valence-electron chi connectivity index (χ2n) is 3.91. The number of unbranched alkanes of at least 4 members (excludes halogenated alkanes) is 1. The van der Waals surface area contributed by atoms with Crippen molar-refractivity contribution in [3.63, 3.8) is 0 Å². The number of aliphatic hydroxyl groups is 3. The van der Waals surface area contributed by atoms with Crippen molar-refractivity contribution in [3.8, 4) is 0 Å². The zero-order valence-electron chi connectivity index (χ0n) is 9.17. The van der Waals surface area contributed by atoms with Crippen molar-refractivity contribution in [2.45, 2.75) is 57.4 Å². The van der Waals surface area contributed by atoms with E-state index in [0.29, 0.717) is 6.61 Å². The topological polar surface area (TPSA) is 79.2 Å². The highest BCUT2D eigenvalue weighted by Gasteiger charge is 2.42. The summed E-state index contributed by atoms with van der Waals surface area (Å²) in [5, 5.41) is 28.5. The summed E-state index contributed by atoms with van der Waals surface area (Å²) in [4.78, 5) is 0. The molecule has 1 fully saturated rings. The minimum absolute atomic E-state index is 0.480. The van der Waals surface area contributed by atoms with Crippen LogP contribution in [0, 0.1) is 0 Å². The van der Waals surface area contributed by atoms with E-state index in [1.807, 2.05) is 6.92 Å². The molecule has 0 spiro atoms. The van der Waals surface area contributed by atoms with Gasteiger partial charge in [0.2, 0.25) is 0 Å². The second-order valence-corrected chi connectivity index (χ2v) is 3.91. The van der Waals surface area contributed by atoms with Crippen LogP contribution in [0.15, 0.2) is 0 Å². The standard InChI is InChI=1S/C10H20O5/c1-3-4-5-14-10-9(13)8(12)7(11)6(2)15-10/h6-13H,3-5H2,1-2H3/t6-,7+,8+,9-,10+/m0/s1. The highest BCUT2D eigenvalue weighted by molar-refractivity contribution is 4.87. The average Bonchev–Trinajstić information content (AvgIpc) is 2.23. The molecule has 90 valence electrons. The van der Waals surface area contributed by atoms with Gasteiger partial charge in [-0.05, 0) is 13.3 Å². The molecule has 1 rings (SSSR count). The van der Waals surface area contributed by atoms with Gasteiger partial charge in [0.05, 0.1) is 6.10 Å². The van der Waals surface area contributed by atoms with E-state index >= 15 is 0 Å². The Morgan fingerprint density at radius 3 is 2.40 bits per heavy atom. The smallest absolute Gasteiger partial charge is 0.186 e. The Bertz CT molecular complexity index is 187. The monoisotopic (exact) mass is 220 g/mol. The van der Waals surface area contributed by atoms with Gasteiger partial charge in [-0.1, -0.05) is 13.3 Å². The number of aliphatic hydroxyl groups excluding tert-OH is 3. The van der Waals surface area contributed by atoms with Gasteiger partial charge in [-0.3, -0.25) is 0 Å². The molecule has 0 aliphatic carbocycles. The number of rotatable bonds is 4. The van der Waals surface area contributed by atoms with Gasteiger partial charge < -0.3 is 24.8 Å². The molecule has 0 aromatic carbocycles. The molecule has 5 nitrogen and oxygen atoms in total. The van der Waals surface area contributed by atoms with Gasteiger partial charge in [-0.15, -0.1) is 0 Å². The minimum Gasteiger partial charge on any atom is -0.388 e. The summed E-state index contributed by atoms with van der Waals surface area (Å²) in [6.45, 7) is 4.15. The molecule has 0 amide bonds. The summed E-state index contributed by atoms with van der Waals surface area (Å²) in [5.41, 5.74) is 0. The van der Waals surface area contributed by atoms with Crippen molar-refractivity contribution >= 4 is 0 Å². The molecular weight excluding hydrogens is 200 g/mol. The molecule has 0 radical (unpaired) electrons. The van der Waals surface area contributed by atoms with E-state index in [-0.39, 0.29) is 0 Å². The van der Waals surface area contributed by atoms with Crippen molar-refractivity contribution in [2.75, 3.05) is 6.61 Å². The van der Waals surface area contributed by atoms with Crippen molar-refractivity contribution in [2.24, 2.45) is 0 Å². The van der Waals surface area contributed by atoms with Crippen LogP contribution in [0.5, 0.6) is 0 Å². The summed E-state index contributed by atoms with van der Waals surface area (Å²) in [5.74, 6) is 0. The van der Waals surface area contributed by atoms with Crippen molar-refractivity contribution in [1.82, 2.24) is 0 Å². The highest BCUT2D eigenvalue weighted by atomic mass is 16.7. The van der Waals surface area contributed by atoms with E-state index in [1.54, 1.807) is 6.92 Å². The Kier molecular flexibility index (Phi) is 4.95. The van der Waals surface area contributed by atoms with Gasteiger partial charge >= 0.3 is 0 Å². The molecule has 0 unspecified atom stereocenters. The summed E-state index contributed by atoms with van der Waals surface area (Å²) < 4.78 is 10.5. The fraction of sp³-hybridized carbons (Fsp3) is 1.00. The predicted molar refractivity (Wildman–Crippen MR) is 53.2 cm³/mol. The molecule has 0 aromatic heterocycles. The van der Waals surface area contributed by atoms with Crippen molar-refractivity contribution in [1.29, 1.82) is 0 Å². The number of hydrogen-bond acceptors (Lipinski definition) is 5. The van der Waals surface area contributed by atoms with E-state index in [1.165, 1.54) is 0 Å². The lowest BCUT2D eigenvalue weighted by Gasteiger charge is -2.38. The van der Waals surface area contributed by atoms with Crippen LogP contribution in [0.1, 0.15) is 26.7 Å². The zero-order chi connectivity index (χ0) is 11.4. The highest BCUT2D eigenvalue weighted by Crippen LogP contribution is 2.21. The molecule has 1 aliphatic rings. The van der Waals surface area contributed by atoms with Gasteiger partial charge in [0.25, 0.3) is 0 Å². The molecule has 1 aliphatic heterocycles. The quantitative estimate of drug-likeness (QED) is 0.563. The molecule has 15 heavy (non-hydrogen) atoms. The van der Waals surface area contributed by atoms with E-state index in [2.05, 4.69) is 0 Å². The molecule has 0 saturated carbocycles. The Morgan fingerprint density at radius 2 is 1.80 bits per heavy atom. The van der Waals surface area contributed by atoms with Crippen molar-refractivity contribution < 1.29 is 24.8 Å². The Balaban J connectivity index is 2.43. The van der Waals surface area contributed by atoms with Crippen LogP contribution < -0.4 is 0 Å². The first-order chi connectivity index (χ1) is 7.07. The van der Waals surface area contributed by atoms with Crippen LogP contribution >= 0.6 is 0 Å². The molecular formula is C10H20O5. The molecule has 0 aromatic rings. The zero-order valence-corrected chi connectivity index (χ0v) is 9.17. The van der Waals surface area contributed by atoms with Crippen molar-refractivity contribution in [3.05, 3.63) is 0 Å². The third-order valence-corrected chi connectivity index (χ3v) is 2.59. The molecule has 5 heteroatoms. The average molecular weight is 220 g/mol. The third-order valence-electron chi connectivity index (χ3n) is 2.59. The molecule has 1 heterocycles. The fourth-order valence-corrected chi connectivity index (χ4v) is 1.49. The van der Waals surface area contributed by atoms with Gasteiger partial charge in [0, 0.05) is 6.61 Å². The van der Waals surface area contributed by atoms with Crippen LogP contribution in [0.3, 0.4) is 0 Å². The maximum absolute atomic E-state index is 9.56. The lowest BCUT2D eigenvalue weighted by Crippen LogP contribution is -2.57. The first kappa shape index (κ1) is 12.9. The largest absolute Gasteiger partial charge is 0.388 e. The van der Waals surface area contributed by atoms with Gasteiger partial charge in [-0.2, -0.15) is 0 Å². The van der Waals surface area contributed by atoms with E-state index in [4.69, 9.17) is 9.47 Å².